The Morgan fingerprint density at radius 2 is 1.57 bits per heavy atom. The van der Waals surface area contributed by atoms with Crippen molar-refractivity contribution in [1.82, 2.24) is 10.6 Å². The van der Waals surface area contributed by atoms with Gasteiger partial charge in [-0.1, -0.05) is 31.9 Å². The molecule has 0 atom stereocenters. The van der Waals surface area contributed by atoms with E-state index in [1.807, 2.05) is 18.2 Å². The number of halogens is 2. The van der Waals surface area contributed by atoms with E-state index in [2.05, 4.69) is 70.2 Å². The lowest BCUT2D eigenvalue weighted by Crippen LogP contribution is -2.62. The van der Waals surface area contributed by atoms with Gasteiger partial charge in [0.1, 0.15) is 0 Å². The van der Waals surface area contributed by atoms with Crippen molar-refractivity contribution in [1.29, 1.82) is 0 Å². The summed E-state index contributed by atoms with van der Waals surface area (Å²) in [5.41, 5.74) is 0.722. The molecular weight excluding hydrogens is 396 g/mol. The fraction of sp³-hybridized carbons (Fsp3) is 0.562. The first-order valence-electron chi connectivity index (χ1n) is 7.13. The maximum Gasteiger partial charge on any atom is 0.251 e. The van der Waals surface area contributed by atoms with E-state index in [0.29, 0.717) is 5.56 Å². The first kappa shape index (κ1) is 17.0. The summed E-state index contributed by atoms with van der Waals surface area (Å²) in [5, 5.41) is 6.81. The third kappa shape index (κ3) is 4.80. The molecule has 21 heavy (non-hydrogen) atoms. The van der Waals surface area contributed by atoms with E-state index in [1.54, 1.807) is 0 Å². The maximum absolute atomic E-state index is 12.5. The highest BCUT2D eigenvalue weighted by atomic mass is 79.9. The van der Waals surface area contributed by atoms with E-state index in [9.17, 15) is 4.79 Å². The van der Waals surface area contributed by atoms with Crippen LogP contribution >= 0.6 is 31.9 Å². The fourth-order valence-corrected chi connectivity index (χ4v) is 4.67. The second kappa shape index (κ2) is 6.01. The van der Waals surface area contributed by atoms with Crippen LogP contribution in [0, 0.1) is 0 Å². The van der Waals surface area contributed by atoms with Crippen molar-refractivity contribution in [2.45, 2.75) is 57.7 Å². The molecule has 1 heterocycles. The number of nitrogens with one attached hydrogen (secondary N) is 2. The molecule has 1 saturated heterocycles. The molecule has 2 N–H and O–H groups in total. The molecule has 0 aromatic heterocycles. The van der Waals surface area contributed by atoms with Gasteiger partial charge in [0.15, 0.2) is 0 Å². The second-order valence-corrected chi connectivity index (χ2v) is 8.96. The third-order valence-corrected chi connectivity index (χ3v) is 4.57. The molecule has 0 saturated carbocycles. The van der Waals surface area contributed by atoms with Crippen molar-refractivity contribution in [3.05, 3.63) is 32.7 Å². The van der Waals surface area contributed by atoms with Crippen molar-refractivity contribution in [2.24, 2.45) is 0 Å². The number of hydrogen-bond donors (Lipinski definition) is 2. The smallest absolute Gasteiger partial charge is 0.251 e. The number of piperidine rings is 1. The quantitative estimate of drug-likeness (QED) is 0.754. The minimum atomic E-state index is -0.0181. The van der Waals surface area contributed by atoms with Gasteiger partial charge in [0.2, 0.25) is 0 Å². The molecule has 3 nitrogen and oxygen atoms in total. The predicted molar refractivity (Wildman–Crippen MR) is 93.6 cm³/mol. The minimum Gasteiger partial charge on any atom is -0.349 e. The first-order chi connectivity index (χ1) is 9.56. The lowest BCUT2D eigenvalue weighted by atomic mass is 9.79. The van der Waals surface area contributed by atoms with E-state index in [-0.39, 0.29) is 23.0 Å². The molecule has 0 radical (unpaired) electrons. The molecule has 0 bridgehead atoms. The van der Waals surface area contributed by atoms with Gasteiger partial charge in [0.25, 0.3) is 5.91 Å². The zero-order valence-corrected chi connectivity index (χ0v) is 16.1. The van der Waals surface area contributed by atoms with Gasteiger partial charge in [0.05, 0.1) is 0 Å². The van der Waals surface area contributed by atoms with Gasteiger partial charge in [-0.15, -0.1) is 0 Å². The molecular formula is C16H22Br2N2O. The van der Waals surface area contributed by atoms with Gasteiger partial charge in [-0.05, 0) is 58.7 Å². The number of benzene rings is 1. The number of carbonyl (C=O) groups is 1. The van der Waals surface area contributed by atoms with E-state index in [1.165, 1.54) is 0 Å². The summed E-state index contributed by atoms with van der Waals surface area (Å²) in [6.07, 6.45) is 1.86. The Kier molecular flexibility index (Phi) is 4.86. The van der Waals surface area contributed by atoms with Gasteiger partial charge in [0, 0.05) is 31.6 Å². The average molecular weight is 418 g/mol. The Hall–Kier alpha value is -0.390. The van der Waals surface area contributed by atoms with Gasteiger partial charge in [-0.2, -0.15) is 0 Å². The number of hydrogen-bond acceptors (Lipinski definition) is 2. The zero-order valence-electron chi connectivity index (χ0n) is 12.9. The summed E-state index contributed by atoms with van der Waals surface area (Å²) in [5.74, 6) is -0.0181. The average Bonchev–Trinajstić information content (AvgIpc) is 2.22. The predicted octanol–water partition coefficient (Wildman–Crippen LogP) is 4.25. The molecule has 116 valence electrons. The van der Waals surface area contributed by atoms with E-state index >= 15 is 0 Å². The van der Waals surface area contributed by atoms with Gasteiger partial charge < -0.3 is 10.6 Å². The van der Waals surface area contributed by atoms with Crippen molar-refractivity contribution >= 4 is 37.8 Å². The Bertz CT molecular complexity index is 519. The summed E-state index contributed by atoms with van der Waals surface area (Å²) in [6, 6.07) is 5.80. The summed E-state index contributed by atoms with van der Waals surface area (Å²) in [7, 11) is 0. The van der Waals surface area contributed by atoms with Crippen LogP contribution in [0.5, 0.6) is 0 Å². The van der Waals surface area contributed by atoms with Gasteiger partial charge in [-0.3, -0.25) is 4.79 Å². The van der Waals surface area contributed by atoms with Crippen molar-refractivity contribution in [3.8, 4) is 0 Å². The van der Waals surface area contributed by atoms with Crippen molar-refractivity contribution in [3.63, 3.8) is 0 Å². The van der Waals surface area contributed by atoms with Crippen LogP contribution in [-0.2, 0) is 0 Å². The molecule has 1 aromatic rings. The van der Waals surface area contributed by atoms with Crippen LogP contribution in [0.25, 0.3) is 0 Å². The Morgan fingerprint density at radius 3 is 2.05 bits per heavy atom. The topological polar surface area (TPSA) is 41.1 Å². The molecule has 1 aliphatic rings. The van der Waals surface area contributed by atoms with Crippen molar-refractivity contribution in [2.75, 3.05) is 0 Å². The SMILES string of the molecule is CC1(C)CC(NC(=O)c2cc(Br)cc(Br)c2)CC(C)(C)N1. The molecule has 1 amide bonds. The highest BCUT2D eigenvalue weighted by Gasteiger charge is 2.38. The van der Waals surface area contributed by atoms with Crippen molar-refractivity contribution < 1.29 is 4.79 Å². The highest BCUT2D eigenvalue weighted by Crippen LogP contribution is 2.29. The Balaban J connectivity index is 2.12. The largest absolute Gasteiger partial charge is 0.349 e. The van der Waals surface area contributed by atoms with Crippen LogP contribution in [-0.4, -0.2) is 23.0 Å². The number of amides is 1. The lowest BCUT2D eigenvalue weighted by Gasteiger charge is -2.46. The number of carbonyl (C=O) groups excluding carboxylic acids is 1. The van der Waals surface area contributed by atoms with Crippen LogP contribution in [0.2, 0.25) is 0 Å². The van der Waals surface area contributed by atoms with Gasteiger partial charge in [-0.25, -0.2) is 0 Å². The number of rotatable bonds is 2. The van der Waals surface area contributed by atoms with E-state index in [0.717, 1.165) is 21.8 Å². The summed E-state index contributed by atoms with van der Waals surface area (Å²) in [4.78, 5) is 12.5. The van der Waals surface area contributed by atoms with Crippen LogP contribution in [0.4, 0.5) is 0 Å². The monoisotopic (exact) mass is 416 g/mol. The molecule has 1 fully saturated rings. The van der Waals surface area contributed by atoms with Crippen LogP contribution in [0.3, 0.4) is 0 Å². The minimum absolute atomic E-state index is 0.0181. The van der Waals surface area contributed by atoms with Crippen LogP contribution in [0.15, 0.2) is 27.1 Å². The second-order valence-electron chi connectivity index (χ2n) is 7.13. The molecule has 0 spiro atoms. The van der Waals surface area contributed by atoms with E-state index in [4.69, 9.17) is 0 Å². The molecule has 1 aliphatic heterocycles. The van der Waals surface area contributed by atoms with Crippen LogP contribution < -0.4 is 10.6 Å². The maximum atomic E-state index is 12.5. The lowest BCUT2D eigenvalue weighted by molar-refractivity contribution is 0.0873. The Morgan fingerprint density at radius 1 is 1.10 bits per heavy atom. The highest BCUT2D eigenvalue weighted by molar-refractivity contribution is 9.11. The molecule has 0 unspecified atom stereocenters. The fourth-order valence-electron chi connectivity index (χ4n) is 3.38. The standard InChI is InChI=1S/C16H22Br2N2O/c1-15(2)8-13(9-16(3,4)20-15)19-14(21)10-5-11(17)7-12(18)6-10/h5-7,13,20H,8-9H2,1-4H3,(H,19,21). The summed E-state index contributed by atoms with van der Waals surface area (Å²) in [6.45, 7) is 8.73. The normalized spacial score (nSPS) is 21.0. The third-order valence-electron chi connectivity index (χ3n) is 3.65. The molecule has 2 rings (SSSR count). The summed E-state index contributed by atoms with van der Waals surface area (Å²) < 4.78 is 1.79. The van der Waals surface area contributed by atoms with E-state index < -0.39 is 0 Å². The van der Waals surface area contributed by atoms with Crippen LogP contribution in [0.1, 0.15) is 50.9 Å². The Labute approximate surface area is 143 Å². The first-order valence-corrected chi connectivity index (χ1v) is 8.71. The van der Waals surface area contributed by atoms with Gasteiger partial charge >= 0.3 is 0 Å². The molecule has 5 heteroatoms. The molecule has 1 aromatic carbocycles. The summed E-state index contributed by atoms with van der Waals surface area (Å²) >= 11 is 6.85. The zero-order chi connectivity index (χ0) is 15.8. The molecule has 0 aliphatic carbocycles.